The second-order valence-electron chi connectivity index (χ2n) is 3.22. The van der Waals surface area contributed by atoms with Crippen molar-refractivity contribution in [2.24, 2.45) is 0 Å². The molecule has 0 spiro atoms. The van der Waals surface area contributed by atoms with E-state index in [4.69, 9.17) is 11.6 Å². The number of benzene rings is 1. The van der Waals surface area contributed by atoms with Gasteiger partial charge in [-0.05, 0) is 31.2 Å². The van der Waals surface area contributed by atoms with E-state index in [9.17, 15) is 4.79 Å². The lowest BCUT2D eigenvalue weighted by Gasteiger charge is -2.04. The van der Waals surface area contributed by atoms with Gasteiger partial charge >= 0.3 is 0 Å². The van der Waals surface area contributed by atoms with Gasteiger partial charge in [0, 0.05) is 16.8 Å². The first-order chi connectivity index (χ1) is 7.20. The van der Waals surface area contributed by atoms with Crippen LogP contribution in [-0.4, -0.2) is 16.1 Å². The average Bonchev–Trinajstić information content (AvgIpc) is 2.64. The molecule has 76 valence electrons. The molecule has 0 aliphatic heterocycles. The number of carbonyl (C=O) groups excluding carboxylic acids is 1. The first-order valence-corrected chi connectivity index (χ1v) is 4.86. The van der Waals surface area contributed by atoms with E-state index in [2.05, 4.69) is 5.10 Å². The number of halogens is 1. The Morgan fingerprint density at radius 2 is 2.20 bits per heavy atom. The van der Waals surface area contributed by atoms with Crippen LogP contribution >= 0.6 is 11.6 Å². The van der Waals surface area contributed by atoms with Crippen molar-refractivity contribution in [3.8, 4) is 5.69 Å². The molecule has 0 unspecified atom stereocenters. The number of nitrogens with zero attached hydrogens (tertiary/aromatic N) is 2. The van der Waals surface area contributed by atoms with Gasteiger partial charge in [0.1, 0.15) is 0 Å². The topological polar surface area (TPSA) is 34.9 Å². The van der Waals surface area contributed by atoms with Gasteiger partial charge in [0.05, 0.1) is 11.4 Å². The average molecular weight is 221 g/mol. The number of aryl methyl sites for hydroxylation is 1. The van der Waals surface area contributed by atoms with Crippen LogP contribution in [0.15, 0.2) is 30.5 Å². The fourth-order valence-electron chi connectivity index (χ4n) is 1.38. The summed E-state index contributed by atoms with van der Waals surface area (Å²) in [6.45, 7) is 1.90. The van der Waals surface area contributed by atoms with Gasteiger partial charge in [0.15, 0.2) is 6.29 Å². The van der Waals surface area contributed by atoms with E-state index in [1.807, 2.05) is 19.2 Å². The van der Waals surface area contributed by atoms with Crippen LogP contribution < -0.4 is 0 Å². The molecule has 0 radical (unpaired) electrons. The number of rotatable bonds is 2. The first kappa shape index (κ1) is 9.93. The Labute approximate surface area is 92.3 Å². The van der Waals surface area contributed by atoms with Crippen LogP contribution in [0.1, 0.15) is 16.1 Å². The normalized spacial score (nSPS) is 10.3. The summed E-state index contributed by atoms with van der Waals surface area (Å²) in [4.78, 5) is 10.9. The molecule has 1 aromatic carbocycles. The predicted octanol–water partition coefficient (Wildman–Crippen LogP) is 2.65. The van der Waals surface area contributed by atoms with Crippen molar-refractivity contribution >= 4 is 17.9 Å². The molecule has 15 heavy (non-hydrogen) atoms. The molecule has 0 N–H and O–H groups in total. The lowest BCUT2D eigenvalue weighted by Crippen LogP contribution is -1.99. The molecule has 2 aromatic rings. The Morgan fingerprint density at radius 1 is 1.40 bits per heavy atom. The number of aldehydes is 1. The quantitative estimate of drug-likeness (QED) is 0.730. The number of carbonyl (C=O) groups is 1. The Morgan fingerprint density at radius 3 is 2.80 bits per heavy atom. The fraction of sp³-hybridized carbons (Fsp3) is 0.0909. The van der Waals surface area contributed by atoms with Gasteiger partial charge in [0.25, 0.3) is 0 Å². The zero-order valence-corrected chi connectivity index (χ0v) is 8.90. The van der Waals surface area contributed by atoms with Crippen LogP contribution in [0.2, 0.25) is 5.02 Å². The molecule has 0 amide bonds. The molecule has 4 heteroatoms. The summed E-state index contributed by atoms with van der Waals surface area (Å²) in [5.74, 6) is 0. The standard InChI is InChI=1S/C11H9ClN2O/c1-8-4-5-14(13-8)11-3-2-10(12)6-9(11)7-15/h2-7H,1H3. The van der Waals surface area contributed by atoms with E-state index < -0.39 is 0 Å². The van der Waals surface area contributed by atoms with Gasteiger partial charge < -0.3 is 0 Å². The SMILES string of the molecule is Cc1ccn(-c2ccc(Cl)cc2C=O)n1. The smallest absolute Gasteiger partial charge is 0.152 e. The van der Waals surface area contributed by atoms with E-state index in [-0.39, 0.29) is 0 Å². The van der Waals surface area contributed by atoms with Crippen molar-refractivity contribution in [2.45, 2.75) is 6.92 Å². The molecule has 1 aromatic heterocycles. The summed E-state index contributed by atoms with van der Waals surface area (Å²) in [5, 5.41) is 4.78. The Bertz CT molecular complexity index is 505. The van der Waals surface area contributed by atoms with Crippen LogP contribution in [0.5, 0.6) is 0 Å². The predicted molar refractivity (Wildman–Crippen MR) is 58.7 cm³/mol. The number of hydrogen-bond acceptors (Lipinski definition) is 2. The second kappa shape index (κ2) is 3.87. The van der Waals surface area contributed by atoms with Crippen LogP contribution in [0.3, 0.4) is 0 Å². The summed E-state index contributed by atoms with van der Waals surface area (Å²) in [5.41, 5.74) is 2.18. The van der Waals surface area contributed by atoms with Gasteiger partial charge in [-0.25, -0.2) is 4.68 Å². The monoisotopic (exact) mass is 220 g/mol. The minimum atomic E-state index is 0.533. The number of aromatic nitrogens is 2. The van der Waals surface area contributed by atoms with E-state index in [1.165, 1.54) is 0 Å². The van der Waals surface area contributed by atoms with Crippen molar-refractivity contribution in [3.05, 3.63) is 46.7 Å². The van der Waals surface area contributed by atoms with Crippen LogP contribution in [0, 0.1) is 6.92 Å². The molecular weight excluding hydrogens is 212 g/mol. The van der Waals surface area contributed by atoms with Crippen molar-refractivity contribution in [2.75, 3.05) is 0 Å². The third kappa shape index (κ3) is 1.92. The zero-order valence-electron chi connectivity index (χ0n) is 8.14. The Kier molecular flexibility index (Phi) is 2.56. The lowest BCUT2D eigenvalue weighted by molar-refractivity contribution is 0.112. The van der Waals surface area contributed by atoms with Crippen LogP contribution in [0.4, 0.5) is 0 Å². The summed E-state index contributed by atoms with van der Waals surface area (Å²) >= 11 is 5.80. The molecule has 0 fully saturated rings. The Balaban J connectivity index is 2.57. The lowest BCUT2D eigenvalue weighted by atomic mass is 10.2. The highest BCUT2D eigenvalue weighted by Gasteiger charge is 2.05. The van der Waals surface area contributed by atoms with Gasteiger partial charge in [-0.2, -0.15) is 5.10 Å². The van der Waals surface area contributed by atoms with Crippen molar-refractivity contribution < 1.29 is 4.79 Å². The molecule has 0 bridgehead atoms. The molecule has 0 atom stereocenters. The Hall–Kier alpha value is -1.61. The van der Waals surface area contributed by atoms with Gasteiger partial charge in [-0.3, -0.25) is 4.79 Å². The summed E-state index contributed by atoms with van der Waals surface area (Å²) < 4.78 is 1.66. The van der Waals surface area contributed by atoms with E-state index in [0.29, 0.717) is 10.6 Å². The second-order valence-corrected chi connectivity index (χ2v) is 3.66. The van der Waals surface area contributed by atoms with E-state index in [1.54, 1.807) is 22.9 Å². The highest BCUT2D eigenvalue weighted by atomic mass is 35.5. The molecular formula is C11H9ClN2O. The van der Waals surface area contributed by atoms with Gasteiger partial charge in [0.2, 0.25) is 0 Å². The summed E-state index contributed by atoms with van der Waals surface area (Å²) in [6.07, 6.45) is 2.59. The zero-order chi connectivity index (χ0) is 10.8. The molecule has 0 saturated heterocycles. The van der Waals surface area contributed by atoms with E-state index in [0.717, 1.165) is 17.7 Å². The largest absolute Gasteiger partial charge is 0.298 e. The van der Waals surface area contributed by atoms with Crippen molar-refractivity contribution in [1.82, 2.24) is 9.78 Å². The highest BCUT2D eigenvalue weighted by Crippen LogP contribution is 2.17. The van der Waals surface area contributed by atoms with Crippen molar-refractivity contribution in [3.63, 3.8) is 0 Å². The minimum absolute atomic E-state index is 0.533. The third-order valence-corrected chi connectivity index (χ3v) is 2.32. The van der Waals surface area contributed by atoms with Gasteiger partial charge in [-0.15, -0.1) is 0 Å². The van der Waals surface area contributed by atoms with Crippen LogP contribution in [-0.2, 0) is 0 Å². The van der Waals surface area contributed by atoms with Crippen molar-refractivity contribution in [1.29, 1.82) is 0 Å². The minimum Gasteiger partial charge on any atom is -0.298 e. The maximum Gasteiger partial charge on any atom is 0.152 e. The molecule has 2 rings (SSSR count). The van der Waals surface area contributed by atoms with Crippen LogP contribution in [0.25, 0.3) is 5.69 Å². The van der Waals surface area contributed by atoms with Gasteiger partial charge in [-0.1, -0.05) is 11.6 Å². The summed E-state index contributed by atoms with van der Waals surface area (Å²) in [6, 6.07) is 7.02. The highest BCUT2D eigenvalue weighted by molar-refractivity contribution is 6.30. The maximum atomic E-state index is 10.9. The molecule has 0 aliphatic rings. The maximum absolute atomic E-state index is 10.9. The first-order valence-electron chi connectivity index (χ1n) is 4.48. The molecule has 0 aliphatic carbocycles. The molecule has 1 heterocycles. The summed E-state index contributed by atoms with van der Waals surface area (Å²) in [7, 11) is 0. The molecule has 0 saturated carbocycles. The van der Waals surface area contributed by atoms with E-state index >= 15 is 0 Å². The third-order valence-electron chi connectivity index (χ3n) is 2.09. The molecule has 3 nitrogen and oxygen atoms in total. The number of hydrogen-bond donors (Lipinski definition) is 0. The fourth-order valence-corrected chi connectivity index (χ4v) is 1.56.